The number of anilines is 1. The highest BCUT2D eigenvalue weighted by Gasteiger charge is 2.39. The molecule has 120 valence electrons. The Labute approximate surface area is 145 Å². The number of ether oxygens (including phenoxy) is 1. The van der Waals surface area contributed by atoms with Gasteiger partial charge in [-0.1, -0.05) is 23.7 Å². The molecule has 5 heteroatoms. The lowest BCUT2D eigenvalue weighted by molar-refractivity contribution is -0.117. The predicted octanol–water partition coefficient (Wildman–Crippen LogP) is 4.91. The van der Waals surface area contributed by atoms with E-state index in [2.05, 4.69) is 0 Å². The standard InChI is InChI=1S/C18H18ClNO2S/c1-3-22-16-10-4-13(5-11-16)18-20(17(21)12(2)23-18)15-8-6-14(19)7-9-15/h4-12,18H,3H2,1-2H3. The summed E-state index contributed by atoms with van der Waals surface area (Å²) in [5.41, 5.74) is 1.96. The number of nitrogens with zero attached hydrogens (tertiary/aromatic N) is 1. The first kappa shape index (κ1) is 16.2. The molecule has 1 saturated heterocycles. The van der Waals surface area contributed by atoms with Crippen molar-refractivity contribution in [2.24, 2.45) is 0 Å². The van der Waals surface area contributed by atoms with Crippen LogP contribution in [0.2, 0.25) is 5.02 Å². The van der Waals surface area contributed by atoms with E-state index in [1.165, 1.54) is 0 Å². The first-order chi connectivity index (χ1) is 11.1. The molecule has 0 N–H and O–H groups in total. The smallest absolute Gasteiger partial charge is 0.241 e. The van der Waals surface area contributed by atoms with Crippen LogP contribution >= 0.6 is 23.4 Å². The summed E-state index contributed by atoms with van der Waals surface area (Å²) in [5, 5.41) is 0.565. The van der Waals surface area contributed by atoms with Crippen molar-refractivity contribution in [2.75, 3.05) is 11.5 Å². The van der Waals surface area contributed by atoms with Crippen LogP contribution in [0.25, 0.3) is 0 Å². The molecule has 0 spiro atoms. The van der Waals surface area contributed by atoms with Gasteiger partial charge in [-0.3, -0.25) is 9.69 Å². The van der Waals surface area contributed by atoms with E-state index in [0.717, 1.165) is 17.0 Å². The van der Waals surface area contributed by atoms with Crippen molar-refractivity contribution in [2.45, 2.75) is 24.5 Å². The normalized spacial score (nSPS) is 20.8. The first-order valence-electron chi connectivity index (χ1n) is 7.57. The van der Waals surface area contributed by atoms with Crippen LogP contribution < -0.4 is 9.64 Å². The highest BCUT2D eigenvalue weighted by Crippen LogP contribution is 2.45. The minimum absolute atomic E-state index is 0.0330. The van der Waals surface area contributed by atoms with Crippen LogP contribution in [0.3, 0.4) is 0 Å². The summed E-state index contributed by atoms with van der Waals surface area (Å²) in [4.78, 5) is 14.4. The molecular weight excluding hydrogens is 330 g/mol. The number of thioether (sulfide) groups is 1. The average molecular weight is 348 g/mol. The summed E-state index contributed by atoms with van der Waals surface area (Å²) in [6, 6.07) is 15.4. The van der Waals surface area contributed by atoms with Crippen molar-refractivity contribution < 1.29 is 9.53 Å². The molecule has 0 radical (unpaired) electrons. The minimum Gasteiger partial charge on any atom is -0.494 e. The third kappa shape index (κ3) is 3.33. The SMILES string of the molecule is CCOc1ccc(C2SC(C)C(=O)N2c2ccc(Cl)cc2)cc1. The van der Waals surface area contributed by atoms with Crippen molar-refractivity contribution in [1.29, 1.82) is 0 Å². The number of benzene rings is 2. The summed E-state index contributed by atoms with van der Waals surface area (Å²) in [6.07, 6.45) is 0. The zero-order chi connectivity index (χ0) is 16.4. The summed E-state index contributed by atoms with van der Waals surface area (Å²) in [7, 11) is 0. The number of carbonyl (C=O) groups excluding carboxylic acids is 1. The van der Waals surface area contributed by atoms with Crippen LogP contribution in [-0.4, -0.2) is 17.8 Å². The van der Waals surface area contributed by atoms with Crippen LogP contribution in [0.4, 0.5) is 5.69 Å². The Kier molecular flexibility index (Phi) is 4.83. The van der Waals surface area contributed by atoms with Gasteiger partial charge < -0.3 is 4.74 Å². The van der Waals surface area contributed by atoms with E-state index < -0.39 is 0 Å². The second-order valence-electron chi connectivity index (χ2n) is 5.32. The number of halogens is 1. The van der Waals surface area contributed by atoms with Crippen LogP contribution in [0, 0.1) is 0 Å². The van der Waals surface area contributed by atoms with E-state index in [9.17, 15) is 4.79 Å². The zero-order valence-electron chi connectivity index (χ0n) is 13.0. The van der Waals surface area contributed by atoms with Gasteiger partial charge in [0.15, 0.2) is 0 Å². The van der Waals surface area contributed by atoms with E-state index in [1.54, 1.807) is 11.8 Å². The number of carbonyl (C=O) groups is 1. The van der Waals surface area contributed by atoms with Crippen molar-refractivity contribution in [3.63, 3.8) is 0 Å². The lowest BCUT2D eigenvalue weighted by atomic mass is 10.1. The van der Waals surface area contributed by atoms with Gasteiger partial charge in [0.05, 0.1) is 11.9 Å². The maximum Gasteiger partial charge on any atom is 0.241 e. The summed E-state index contributed by atoms with van der Waals surface area (Å²) >= 11 is 7.62. The molecule has 2 atom stereocenters. The number of hydrogen-bond donors (Lipinski definition) is 0. The van der Waals surface area contributed by atoms with Gasteiger partial charge in [0.25, 0.3) is 0 Å². The van der Waals surface area contributed by atoms with Gasteiger partial charge in [-0.05, 0) is 55.8 Å². The lowest BCUT2D eigenvalue weighted by Crippen LogP contribution is -2.30. The molecule has 23 heavy (non-hydrogen) atoms. The maximum atomic E-state index is 12.6. The number of hydrogen-bond acceptors (Lipinski definition) is 3. The fourth-order valence-electron chi connectivity index (χ4n) is 2.61. The molecule has 0 bridgehead atoms. The van der Waals surface area contributed by atoms with Gasteiger partial charge in [0.2, 0.25) is 5.91 Å². The molecule has 2 aromatic rings. The van der Waals surface area contributed by atoms with Crippen molar-refractivity contribution in [1.82, 2.24) is 0 Å². The van der Waals surface area contributed by atoms with Crippen molar-refractivity contribution in [3.05, 3.63) is 59.1 Å². The zero-order valence-corrected chi connectivity index (χ0v) is 14.6. The Morgan fingerprint density at radius 2 is 1.78 bits per heavy atom. The Balaban J connectivity index is 1.92. The lowest BCUT2D eigenvalue weighted by Gasteiger charge is -2.24. The molecule has 1 amide bonds. The molecule has 2 aromatic carbocycles. The number of amides is 1. The van der Waals surface area contributed by atoms with E-state index in [1.807, 2.05) is 67.3 Å². The van der Waals surface area contributed by atoms with E-state index in [-0.39, 0.29) is 16.5 Å². The first-order valence-corrected chi connectivity index (χ1v) is 8.89. The van der Waals surface area contributed by atoms with Gasteiger partial charge in [-0.15, -0.1) is 11.8 Å². The third-order valence-electron chi connectivity index (χ3n) is 3.73. The third-order valence-corrected chi connectivity index (χ3v) is 5.34. The Bertz CT molecular complexity index is 687. The molecule has 0 aliphatic carbocycles. The fourth-order valence-corrected chi connectivity index (χ4v) is 4.02. The minimum atomic E-state index is -0.0674. The van der Waals surface area contributed by atoms with E-state index in [4.69, 9.17) is 16.3 Å². The molecular formula is C18H18ClNO2S. The monoisotopic (exact) mass is 347 g/mol. The van der Waals surface area contributed by atoms with E-state index in [0.29, 0.717) is 11.6 Å². The molecule has 2 unspecified atom stereocenters. The Hall–Kier alpha value is -1.65. The topological polar surface area (TPSA) is 29.5 Å². The van der Waals surface area contributed by atoms with Crippen LogP contribution in [0.5, 0.6) is 5.75 Å². The molecule has 3 rings (SSSR count). The fraction of sp³-hybridized carbons (Fsp3) is 0.278. The second kappa shape index (κ2) is 6.85. The molecule has 1 fully saturated rings. The average Bonchev–Trinajstić information content (AvgIpc) is 2.85. The van der Waals surface area contributed by atoms with Crippen molar-refractivity contribution in [3.8, 4) is 5.75 Å². The molecule has 1 aliphatic heterocycles. The van der Waals surface area contributed by atoms with Gasteiger partial charge in [0, 0.05) is 10.7 Å². The predicted molar refractivity (Wildman–Crippen MR) is 96.3 cm³/mol. The maximum absolute atomic E-state index is 12.6. The Morgan fingerprint density at radius 3 is 2.39 bits per heavy atom. The molecule has 1 aliphatic rings. The molecule has 1 heterocycles. The van der Waals surface area contributed by atoms with Gasteiger partial charge >= 0.3 is 0 Å². The van der Waals surface area contributed by atoms with E-state index >= 15 is 0 Å². The highest BCUT2D eigenvalue weighted by molar-refractivity contribution is 8.01. The second-order valence-corrected chi connectivity index (χ2v) is 7.18. The highest BCUT2D eigenvalue weighted by atomic mass is 35.5. The van der Waals surface area contributed by atoms with Crippen LogP contribution in [0.1, 0.15) is 24.8 Å². The molecule has 0 saturated carbocycles. The summed E-state index contributed by atoms with van der Waals surface area (Å²) in [5.74, 6) is 0.966. The van der Waals surface area contributed by atoms with Gasteiger partial charge in [-0.25, -0.2) is 0 Å². The molecule has 3 nitrogen and oxygen atoms in total. The largest absolute Gasteiger partial charge is 0.494 e. The van der Waals surface area contributed by atoms with Crippen LogP contribution in [-0.2, 0) is 4.79 Å². The molecule has 0 aromatic heterocycles. The van der Waals surface area contributed by atoms with Crippen molar-refractivity contribution >= 4 is 35.0 Å². The quantitative estimate of drug-likeness (QED) is 0.787. The summed E-state index contributed by atoms with van der Waals surface area (Å²) in [6.45, 7) is 4.55. The van der Waals surface area contributed by atoms with Crippen LogP contribution in [0.15, 0.2) is 48.5 Å². The van der Waals surface area contributed by atoms with Gasteiger partial charge in [-0.2, -0.15) is 0 Å². The number of rotatable bonds is 4. The van der Waals surface area contributed by atoms with Gasteiger partial charge in [0.1, 0.15) is 11.1 Å². The Morgan fingerprint density at radius 1 is 1.13 bits per heavy atom. The summed E-state index contributed by atoms with van der Waals surface area (Å²) < 4.78 is 5.49.